The number of carbonyl (C=O) groups is 3. The topological polar surface area (TPSA) is 80.6 Å². The van der Waals surface area contributed by atoms with Crippen LogP contribution in [0.5, 0.6) is 5.75 Å². The van der Waals surface area contributed by atoms with Crippen molar-refractivity contribution in [2.45, 2.75) is 13.8 Å². The van der Waals surface area contributed by atoms with E-state index in [-0.39, 0.29) is 11.4 Å². The van der Waals surface area contributed by atoms with Gasteiger partial charge in [0.05, 0.1) is 22.7 Å². The fourth-order valence-electron chi connectivity index (χ4n) is 3.73. The van der Waals surface area contributed by atoms with E-state index in [9.17, 15) is 14.4 Å². The first-order valence-corrected chi connectivity index (χ1v) is 11.6. The van der Waals surface area contributed by atoms with Gasteiger partial charge in [0.15, 0.2) is 0 Å². The Morgan fingerprint density at radius 3 is 2.50 bits per heavy atom. The molecule has 1 fully saturated rings. The second-order valence-corrected chi connectivity index (χ2v) is 9.06. The number of thioether (sulfide) groups is 1. The van der Waals surface area contributed by atoms with E-state index in [0.29, 0.717) is 16.5 Å². The molecule has 1 saturated heterocycles. The molecule has 174 valence electrons. The van der Waals surface area contributed by atoms with Crippen molar-refractivity contribution in [2.24, 2.45) is 0 Å². The second kappa shape index (κ2) is 9.79. The van der Waals surface area contributed by atoms with E-state index >= 15 is 0 Å². The zero-order valence-corrected chi connectivity index (χ0v) is 20.4. The number of methoxy groups -OCH3 is 1. The van der Waals surface area contributed by atoms with Crippen LogP contribution in [0.4, 0.5) is 10.5 Å². The van der Waals surface area contributed by atoms with Crippen molar-refractivity contribution in [3.05, 3.63) is 81.5 Å². The molecule has 0 saturated carbocycles. The van der Waals surface area contributed by atoms with Crippen LogP contribution in [0, 0.1) is 13.8 Å². The third-order valence-electron chi connectivity index (χ3n) is 5.40. The van der Waals surface area contributed by atoms with Gasteiger partial charge in [0.2, 0.25) is 5.91 Å². The van der Waals surface area contributed by atoms with Crippen LogP contribution in [0.3, 0.4) is 0 Å². The molecule has 0 spiro atoms. The van der Waals surface area contributed by atoms with E-state index in [1.54, 1.807) is 37.5 Å². The minimum Gasteiger partial charge on any atom is -0.497 e. The summed E-state index contributed by atoms with van der Waals surface area (Å²) in [5.41, 5.74) is 4.00. The Morgan fingerprint density at radius 2 is 1.82 bits per heavy atom. The molecule has 0 unspecified atom stereocenters. The van der Waals surface area contributed by atoms with Gasteiger partial charge in [-0.1, -0.05) is 23.7 Å². The number of aromatic nitrogens is 1. The van der Waals surface area contributed by atoms with Crippen molar-refractivity contribution in [1.29, 1.82) is 0 Å². The summed E-state index contributed by atoms with van der Waals surface area (Å²) in [7, 11) is 1.55. The molecule has 7 nitrogen and oxygen atoms in total. The molecule has 9 heteroatoms. The second-order valence-electron chi connectivity index (χ2n) is 7.66. The third-order valence-corrected chi connectivity index (χ3v) is 6.63. The van der Waals surface area contributed by atoms with E-state index in [4.69, 9.17) is 16.3 Å². The number of para-hydroxylation sites is 1. The Morgan fingerprint density at radius 1 is 1.12 bits per heavy atom. The molecule has 1 N–H and O–H groups in total. The minimum absolute atomic E-state index is 0.265. The lowest BCUT2D eigenvalue weighted by Crippen LogP contribution is -2.36. The summed E-state index contributed by atoms with van der Waals surface area (Å²) in [5, 5.41) is 2.81. The highest BCUT2D eigenvalue weighted by Crippen LogP contribution is 2.34. The fraction of sp³-hybridized carbons (Fsp3) is 0.160. The monoisotopic (exact) mass is 495 g/mol. The number of nitrogens with one attached hydrogen (secondary N) is 1. The van der Waals surface area contributed by atoms with Gasteiger partial charge in [0.1, 0.15) is 12.3 Å². The molecule has 3 aromatic rings. The molecule has 2 heterocycles. The molecule has 0 radical (unpaired) electrons. The van der Waals surface area contributed by atoms with Crippen LogP contribution < -0.4 is 10.1 Å². The number of anilines is 1. The summed E-state index contributed by atoms with van der Waals surface area (Å²) in [4.78, 5) is 39.0. The number of halogens is 1. The van der Waals surface area contributed by atoms with Crippen LogP contribution in [0.1, 0.15) is 17.0 Å². The molecule has 34 heavy (non-hydrogen) atoms. The fourth-order valence-corrected chi connectivity index (χ4v) is 4.78. The predicted octanol–water partition coefficient (Wildman–Crippen LogP) is 5.43. The number of ether oxygens (including phenoxy) is 1. The van der Waals surface area contributed by atoms with Gasteiger partial charge in [0.25, 0.3) is 11.1 Å². The van der Waals surface area contributed by atoms with E-state index in [2.05, 4.69) is 5.32 Å². The highest BCUT2D eigenvalue weighted by molar-refractivity contribution is 8.18. The van der Waals surface area contributed by atoms with Gasteiger partial charge in [-0.15, -0.1) is 0 Å². The maximum absolute atomic E-state index is 12.9. The Labute approximate surface area is 206 Å². The standard InChI is InChI=1S/C25H22ClN3O4S/c1-15-12-17(16(2)29(15)21-7-5-4-6-20(21)26)13-22-24(31)28(25(32)34-22)14-23(30)27-18-8-10-19(33-3)11-9-18/h4-13H,14H2,1-3H3,(H,27,30)/b22-13+. The zero-order chi connectivity index (χ0) is 24.4. The van der Waals surface area contributed by atoms with Crippen LogP contribution in [-0.4, -0.2) is 40.2 Å². The lowest BCUT2D eigenvalue weighted by atomic mass is 10.2. The molecule has 1 aliphatic heterocycles. The summed E-state index contributed by atoms with van der Waals surface area (Å²) in [5.74, 6) is -0.309. The number of imide groups is 1. The SMILES string of the molecule is COc1ccc(NC(=O)CN2C(=O)S/C(=C/c3cc(C)n(-c4ccccc4Cl)c3C)C2=O)cc1. The van der Waals surface area contributed by atoms with Crippen LogP contribution in [0.2, 0.25) is 5.02 Å². The van der Waals surface area contributed by atoms with Gasteiger partial charge in [-0.2, -0.15) is 0 Å². The molecule has 0 aliphatic carbocycles. The first-order valence-electron chi connectivity index (χ1n) is 10.4. The minimum atomic E-state index is -0.498. The number of aryl methyl sites for hydroxylation is 1. The first-order chi connectivity index (χ1) is 16.3. The first kappa shape index (κ1) is 23.7. The van der Waals surface area contributed by atoms with Crippen LogP contribution in [-0.2, 0) is 9.59 Å². The smallest absolute Gasteiger partial charge is 0.294 e. The number of nitrogens with zero attached hydrogens (tertiary/aromatic N) is 2. The molecule has 3 amide bonds. The van der Waals surface area contributed by atoms with E-state index < -0.39 is 17.1 Å². The largest absolute Gasteiger partial charge is 0.497 e. The molecule has 0 atom stereocenters. The van der Waals surface area contributed by atoms with Gasteiger partial charge in [-0.05, 0) is 79.7 Å². The van der Waals surface area contributed by atoms with Gasteiger partial charge < -0.3 is 14.6 Å². The molecular formula is C25H22ClN3O4S. The lowest BCUT2D eigenvalue weighted by molar-refractivity contribution is -0.127. The number of hydrogen-bond donors (Lipinski definition) is 1. The maximum Gasteiger partial charge on any atom is 0.294 e. The van der Waals surface area contributed by atoms with Crippen molar-refractivity contribution in [2.75, 3.05) is 19.0 Å². The highest BCUT2D eigenvalue weighted by atomic mass is 35.5. The average Bonchev–Trinajstić information content (AvgIpc) is 3.24. The Hall–Kier alpha value is -3.49. The van der Waals surface area contributed by atoms with Crippen molar-refractivity contribution in [3.8, 4) is 11.4 Å². The van der Waals surface area contributed by atoms with Crippen LogP contribution in [0.25, 0.3) is 11.8 Å². The molecule has 2 aromatic carbocycles. The summed E-state index contributed by atoms with van der Waals surface area (Å²) in [6.45, 7) is 3.50. The molecular weight excluding hydrogens is 474 g/mol. The quantitative estimate of drug-likeness (QED) is 0.461. The van der Waals surface area contributed by atoms with Gasteiger partial charge in [-0.25, -0.2) is 0 Å². The number of rotatable bonds is 6. The highest BCUT2D eigenvalue weighted by Gasteiger charge is 2.36. The van der Waals surface area contributed by atoms with Crippen molar-refractivity contribution >= 4 is 52.2 Å². The normalized spacial score (nSPS) is 14.7. The lowest BCUT2D eigenvalue weighted by Gasteiger charge is -2.12. The maximum atomic E-state index is 12.9. The number of amides is 3. The number of benzene rings is 2. The van der Waals surface area contributed by atoms with Crippen LogP contribution >= 0.6 is 23.4 Å². The zero-order valence-electron chi connectivity index (χ0n) is 18.8. The molecule has 1 aromatic heterocycles. The summed E-state index contributed by atoms with van der Waals surface area (Å²) in [6.07, 6.45) is 1.68. The summed E-state index contributed by atoms with van der Waals surface area (Å²) < 4.78 is 7.09. The molecule has 1 aliphatic rings. The Bertz CT molecular complexity index is 1310. The van der Waals surface area contributed by atoms with Crippen LogP contribution in [0.15, 0.2) is 59.5 Å². The number of hydrogen-bond acceptors (Lipinski definition) is 5. The van der Waals surface area contributed by atoms with Crippen molar-refractivity contribution in [1.82, 2.24) is 9.47 Å². The summed E-state index contributed by atoms with van der Waals surface area (Å²) in [6, 6.07) is 16.2. The average molecular weight is 496 g/mol. The predicted molar refractivity (Wildman–Crippen MR) is 135 cm³/mol. The number of carbonyl (C=O) groups excluding carboxylic acids is 3. The molecule has 4 rings (SSSR count). The van der Waals surface area contributed by atoms with E-state index in [1.807, 2.05) is 48.7 Å². The van der Waals surface area contributed by atoms with E-state index in [1.165, 1.54) is 0 Å². The van der Waals surface area contributed by atoms with Gasteiger partial charge >= 0.3 is 0 Å². The summed E-state index contributed by atoms with van der Waals surface area (Å²) >= 11 is 7.19. The Kier molecular flexibility index (Phi) is 6.81. The van der Waals surface area contributed by atoms with Gasteiger partial charge in [0, 0.05) is 17.1 Å². The van der Waals surface area contributed by atoms with Crippen molar-refractivity contribution < 1.29 is 19.1 Å². The van der Waals surface area contributed by atoms with Crippen molar-refractivity contribution in [3.63, 3.8) is 0 Å². The Balaban J connectivity index is 1.51. The third kappa shape index (κ3) is 4.73. The van der Waals surface area contributed by atoms with Gasteiger partial charge in [-0.3, -0.25) is 19.3 Å². The molecule has 0 bridgehead atoms. The van der Waals surface area contributed by atoms with E-state index in [0.717, 1.165) is 39.3 Å².